The summed E-state index contributed by atoms with van der Waals surface area (Å²) in [5.41, 5.74) is 0.974. The van der Waals surface area contributed by atoms with Crippen LogP contribution in [0.4, 0.5) is 5.69 Å². The minimum absolute atomic E-state index is 0.279. The van der Waals surface area contributed by atoms with Crippen molar-refractivity contribution in [1.82, 2.24) is 0 Å². The maximum atomic E-state index is 9.47. The summed E-state index contributed by atoms with van der Waals surface area (Å²) < 4.78 is 10.6. The average molecular weight is 223 g/mol. The second kappa shape index (κ2) is 5.07. The fourth-order valence-electron chi connectivity index (χ4n) is 1.89. The molecule has 0 radical (unpaired) electrons. The molecule has 2 rings (SSSR count). The number of hydrogen-bond donors (Lipinski definition) is 1. The number of phenols is 1. The lowest BCUT2D eigenvalue weighted by atomic mass is 10.2. The minimum atomic E-state index is 0.279. The number of ether oxygens (including phenoxy) is 2. The van der Waals surface area contributed by atoms with Gasteiger partial charge in [0.05, 0.1) is 12.2 Å². The van der Waals surface area contributed by atoms with Gasteiger partial charge in [0.25, 0.3) is 0 Å². The van der Waals surface area contributed by atoms with E-state index in [0.717, 1.165) is 37.6 Å². The van der Waals surface area contributed by atoms with Gasteiger partial charge in [-0.15, -0.1) is 0 Å². The maximum Gasteiger partial charge on any atom is 0.142 e. The molecule has 0 spiro atoms. The third-order valence-electron chi connectivity index (χ3n) is 2.68. The van der Waals surface area contributed by atoms with E-state index in [1.54, 1.807) is 19.2 Å². The van der Waals surface area contributed by atoms with E-state index < -0.39 is 0 Å². The molecule has 0 fully saturated rings. The van der Waals surface area contributed by atoms with Crippen molar-refractivity contribution in [2.45, 2.75) is 6.42 Å². The zero-order valence-corrected chi connectivity index (χ0v) is 9.48. The molecular weight excluding hydrogens is 206 g/mol. The van der Waals surface area contributed by atoms with Gasteiger partial charge in [-0.05, 0) is 18.6 Å². The average Bonchev–Trinajstić information content (AvgIpc) is 2.30. The molecule has 0 saturated carbocycles. The van der Waals surface area contributed by atoms with Crippen LogP contribution >= 0.6 is 0 Å². The Bertz CT molecular complexity index is 354. The molecular formula is C12H17NO3. The summed E-state index contributed by atoms with van der Waals surface area (Å²) in [6, 6.07) is 5.21. The fourth-order valence-corrected chi connectivity index (χ4v) is 1.89. The normalized spacial score (nSPS) is 14.4. The molecule has 1 aromatic rings. The molecule has 1 aromatic carbocycles. The van der Waals surface area contributed by atoms with Crippen molar-refractivity contribution in [2.75, 3.05) is 38.3 Å². The van der Waals surface area contributed by atoms with Crippen LogP contribution in [-0.4, -0.2) is 38.5 Å². The Kier molecular flexibility index (Phi) is 3.51. The van der Waals surface area contributed by atoms with Crippen molar-refractivity contribution in [3.05, 3.63) is 18.2 Å². The van der Waals surface area contributed by atoms with E-state index in [0.29, 0.717) is 6.61 Å². The number of anilines is 1. The maximum absolute atomic E-state index is 9.47. The van der Waals surface area contributed by atoms with Gasteiger partial charge in [-0.25, -0.2) is 0 Å². The van der Waals surface area contributed by atoms with Crippen LogP contribution in [0.25, 0.3) is 0 Å². The van der Waals surface area contributed by atoms with E-state index in [9.17, 15) is 5.11 Å². The first-order chi connectivity index (χ1) is 7.81. The Morgan fingerprint density at radius 3 is 3.19 bits per heavy atom. The SMILES string of the molecule is COCCCN1CCOc2ccc(O)cc21. The molecule has 16 heavy (non-hydrogen) atoms. The molecule has 88 valence electrons. The first-order valence-electron chi connectivity index (χ1n) is 5.51. The van der Waals surface area contributed by atoms with Crippen molar-refractivity contribution in [3.63, 3.8) is 0 Å². The van der Waals surface area contributed by atoms with E-state index >= 15 is 0 Å². The Morgan fingerprint density at radius 2 is 2.38 bits per heavy atom. The number of benzene rings is 1. The van der Waals surface area contributed by atoms with E-state index in [-0.39, 0.29) is 5.75 Å². The monoisotopic (exact) mass is 223 g/mol. The number of aromatic hydroxyl groups is 1. The van der Waals surface area contributed by atoms with E-state index in [1.807, 2.05) is 6.07 Å². The Hall–Kier alpha value is -1.42. The lowest BCUT2D eigenvalue weighted by molar-refractivity contribution is 0.195. The predicted molar refractivity (Wildman–Crippen MR) is 62.3 cm³/mol. The van der Waals surface area contributed by atoms with E-state index in [2.05, 4.69) is 4.90 Å². The standard InChI is InChI=1S/C12H17NO3/c1-15-7-2-5-13-6-8-16-12-4-3-10(14)9-11(12)13/h3-4,9,14H,2,5-8H2,1H3. The number of fused-ring (bicyclic) bond motifs is 1. The van der Waals surface area contributed by atoms with Gasteiger partial charge in [0.15, 0.2) is 0 Å². The van der Waals surface area contributed by atoms with Crippen LogP contribution in [0.15, 0.2) is 18.2 Å². The lowest BCUT2D eigenvalue weighted by Gasteiger charge is -2.31. The van der Waals surface area contributed by atoms with Gasteiger partial charge in [0, 0.05) is 26.3 Å². The number of methoxy groups -OCH3 is 1. The summed E-state index contributed by atoms with van der Waals surface area (Å²) in [5, 5.41) is 9.47. The van der Waals surface area contributed by atoms with Crippen molar-refractivity contribution < 1.29 is 14.6 Å². The highest BCUT2D eigenvalue weighted by molar-refractivity contribution is 5.62. The highest BCUT2D eigenvalue weighted by Crippen LogP contribution is 2.34. The van der Waals surface area contributed by atoms with Gasteiger partial charge >= 0.3 is 0 Å². The van der Waals surface area contributed by atoms with Crippen molar-refractivity contribution in [3.8, 4) is 11.5 Å². The Labute approximate surface area is 95.4 Å². The van der Waals surface area contributed by atoms with Gasteiger partial charge in [-0.2, -0.15) is 0 Å². The summed E-state index contributed by atoms with van der Waals surface area (Å²) in [5.74, 6) is 1.13. The van der Waals surface area contributed by atoms with Crippen LogP contribution in [0.2, 0.25) is 0 Å². The molecule has 0 unspecified atom stereocenters. The van der Waals surface area contributed by atoms with Crippen LogP contribution in [0.3, 0.4) is 0 Å². The molecule has 1 N–H and O–H groups in total. The van der Waals surface area contributed by atoms with Gasteiger partial charge in [0.1, 0.15) is 18.1 Å². The Balaban J connectivity index is 2.09. The van der Waals surface area contributed by atoms with Crippen LogP contribution in [0, 0.1) is 0 Å². The van der Waals surface area contributed by atoms with E-state index in [1.165, 1.54) is 0 Å². The van der Waals surface area contributed by atoms with Gasteiger partial charge in [-0.1, -0.05) is 0 Å². The first-order valence-corrected chi connectivity index (χ1v) is 5.51. The summed E-state index contributed by atoms with van der Waals surface area (Å²) >= 11 is 0. The number of phenolic OH excluding ortho intramolecular Hbond substituents is 1. The summed E-state index contributed by atoms with van der Waals surface area (Å²) in [7, 11) is 1.71. The van der Waals surface area contributed by atoms with Crippen LogP contribution < -0.4 is 9.64 Å². The highest BCUT2D eigenvalue weighted by atomic mass is 16.5. The van der Waals surface area contributed by atoms with Crippen LogP contribution in [0.5, 0.6) is 11.5 Å². The smallest absolute Gasteiger partial charge is 0.142 e. The molecule has 1 heterocycles. The van der Waals surface area contributed by atoms with Crippen molar-refractivity contribution in [1.29, 1.82) is 0 Å². The minimum Gasteiger partial charge on any atom is -0.508 e. The van der Waals surface area contributed by atoms with Crippen molar-refractivity contribution >= 4 is 5.69 Å². The molecule has 0 bridgehead atoms. The molecule has 0 amide bonds. The third-order valence-corrected chi connectivity index (χ3v) is 2.68. The zero-order valence-electron chi connectivity index (χ0n) is 9.48. The molecule has 0 aromatic heterocycles. The molecule has 4 nitrogen and oxygen atoms in total. The van der Waals surface area contributed by atoms with Gasteiger partial charge < -0.3 is 19.5 Å². The fraction of sp³-hybridized carbons (Fsp3) is 0.500. The summed E-state index contributed by atoms with van der Waals surface area (Å²) in [6.07, 6.45) is 0.978. The van der Waals surface area contributed by atoms with E-state index in [4.69, 9.17) is 9.47 Å². The van der Waals surface area contributed by atoms with Crippen LogP contribution in [0.1, 0.15) is 6.42 Å². The quantitative estimate of drug-likeness (QED) is 0.788. The second-order valence-electron chi connectivity index (χ2n) is 3.83. The summed E-state index contributed by atoms with van der Waals surface area (Å²) in [4.78, 5) is 2.22. The predicted octanol–water partition coefficient (Wildman–Crippen LogP) is 1.63. The molecule has 0 aliphatic carbocycles. The second-order valence-corrected chi connectivity index (χ2v) is 3.83. The molecule has 1 aliphatic rings. The lowest BCUT2D eigenvalue weighted by Crippen LogP contribution is -2.33. The molecule has 1 aliphatic heterocycles. The topological polar surface area (TPSA) is 41.9 Å². The van der Waals surface area contributed by atoms with Gasteiger partial charge in [-0.3, -0.25) is 0 Å². The first kappa shape index (κ1) is 11.1. The summed E-state index contributed by atoms with van der Waals surface area (Å²) in [6.45, 7) is 3.24. The largest absolute Gasteiger partial charge is 0.508 e. The molecule has 4 heteroatoms. The Morgan fingerprint density at radius 1 is 1.50 bits per heavy atom. The van der Waals surface area contributed by atoms with Gasteiger partial charge in [0.2, 0.25) is 0 Å². The third kappa shape index (κ3) is 2.39. The number of hydrogen-bond acceptors (Lipinski definition) is 4. The highest BCUT2D eigenvalue weighted by Gasteiger charge is 2.17. The molecule has 0 saturated heterocycles. The molecule has 0 atom stereocenters. The van der Waals surface area contributed by atoms with Crippen LogP contribution in [-0.2, 0) is 4.74 Å². The number of rotatable bonds is 4. The van der Waals surface area contributed by atoms with Crippen molar-refractivity contribution in [2.24, 2.45) is 0 Å². The number of nitrogens with zero attached hydrogens (tertiary/aromatic N) is 1. The zero-order chi connectivity index (χ0) is 11.4.